The predicted octanol–water partition coefficient (Wildman–Crippen LogP) is 4.07. The van der Waals surface area contributed by atoms with E-state index in [4.69, 9.17) is 4.74 Å². The SMILES string of the molecule is CCCN(CCC)C(=O)c1cc(C)cc(C(=O)NC[C@H](O)C2CCC(COC3CCCCC3)CN2)c1. The molecule has 2 unspecified atom stereocenters. The van der Waals surface area contributed by atoms with Crippen molar-refractivity contribution in [2.45, 2.75) is 96.8 Å². The van der Waals surface area contributed by atoms with Crippen molar-refractivity contribution in [3.8, 4) is 0 Å². The van der Waals surface area contributed by atoms with Gasteiger partial charge in [0.05, 0.1) is 18.8 Å². The number of hydrogen-bond donors (Lipinski definition) is 3. The van der Waals surface area contributed by atoms with Crippen LogP contribution < -0.4 is 10.6 Å². The number of nitrogens with one attached hydrogen (secondary N) is 2. The number of aliphatic hydroxyl groups excluding tert-OH is 1. The van der Waals surface area contributed by atoms with Gasteiger partial charge in [-0.25, -0.2) is 0 Å². The molecular formula is C29H47N3O4. The molecule has 2 fully saturated rings. The highest BCUT2D eigenvalue weighted by molar-refractivity contribution is 6.00. The Morgan fingerprint density at radius 1 is 1.06 bits per heavy atom. The lowest BCUT2D eigenvalue weighted by Gasteiger charge is -2.33. The third kappa shape index (κ3) is 8.56. The summed E-state index contributed by atoms with van der Waals surface area (Å²) in [6, 6.07) is 5.26. The molecule has 0 bridgehead atoms. The third-order valence-corrected chi connectivity index (χ3v) is 7.47. The van der Waals surface area contributed by atoms with E-state index in [9.17, 15) is 14.7 Å². The minimum Gasteiger partial charge on any atom is -0.390 e. The Morgan fingerprint density at radius 2 is 1.75 bits per heavy atom. The maximum atomic E-state index is 13.0. The van der Waals surface area contributed by atoms with Crippen LogP contribution in [0.15, 0.2) is 18.2 Å². The minimum absolute atomic E-state index is 0.0371. The van der Waals surface area contributed by atoms with Crippen LogP contribution in [0.1, 0.15) is 97.9 Å². The van der Waals surface area contributed by atoms with Crippen molar-refractivity contribution in [1.82, 2.24) is 15.5 Å². The van der Waals surface area contributed by atoms with Gasteiger partial charge in [-0.3, -0.25) is 9.59 Å². The quantitative estimate of drug-likeness (QED) is 0.402. The standard InChI is InChI=1S/C29H47N3O4/c1-4-13-32(14-5-2)29(35)24-16-21(3)15-23(17-24)28(34)31-19-27(33)26-12-11-22(18-30-26)20-36-25-9-7-6-8-10-25/h15-17,22,25-27,30,33H,4-14,18-20H2,1-3H3,(H,31,34)/t22?,26?,27-/m0/s1. The van der Waals surface area contributed by atoms with Gasteiger partial charge in [-0.2, -0.15) is 0 Å². The van der Waals surface area contributed by atoms with Crippen LogP contribution in [-0.4, -0.2) is 72.9 Å². The van der Waals surface area contributed by atoms with Crippen LogP contribution in [0, 0.1) is 12.8 Å². The molecule has 1 saturated heterocycles. The average Bonchev–Trinajstić information content (AvgIpc) is 2.90. The maximum absolute atomic E-state index is 13.0. The molecule has 2 aliphatic rings. The topological polar surface area (TPSA) is 90.9 Å². The molecule has 3 N–H and O–H groups in total. The van der Waals surface area contributed by atoms with Gasteiger partial charge >= 0.3 is 0 Å². The van der Waals surface area contributed by atoms with Crippen molar-refractivity contribution >= 4 is 11.8 Å². The Balaban J connectivity index is 1.46. The lowest BCUT2D eigenvalue weighted by atomic mass is 9.92. The summed E-state index contributed by atoms with van der Waals surface area (Å²) in [7, 11) is 0. The Morgan fingerprint density at radius 3 is 2.39 bits per heavy atom. The third-order valence-electron chi connectivity index (χ3n) is 7.47. The molecule has 0 radical (unpaired) electrons. The summed E-state index contributed by atoms with van der Waals surface area (Å²) >= 11 is 0. The van der Waals surface area contributed by atoms with E-state index < -0.39 is 6.10 Å². The van der Waals surface area contributed by atoms with Gasteiger partial charge < -0.3 is 25.4 Å². The Hall–Kier alpha value is -1.96. The first-order chi connectivity index (χ1) is 17.4. The fourth-order valence-electron chi connectivity index (χ4n) is 5.43. The molecule has 2 amide bonds. The second-order valence-electron chi connectivity index (χ2n) is 10.7. The van der Waals surface area contributed by atoms with E-state index in [2.05, 4.69) is 24.5 Å². The van der Waals surface area contributed by atoms with Gasteiger partial charge in [-0.15, -0.1) is 0 Å². The van der Waals surface area contributed by atoms with Crippen LogP contribution in [0.4, 0.5) is 0 Å². The molecule has 7 heteroatoms. The number of benzene rings is 1. The van der Waals surface area contributed by atoms with Gasteiger partial charge in [0.2, 0.25) is 0 Å². The number of rotatable bonds is 12. The summed E-state index contributed by atoms with van der Waals surface area (Å²) in [5.74, 6) is 0.178. The van der Waals surface area contributed by atoms with Crippen LogP contribution >= 0.6 is 0 Å². The van der Waals surface area contributed by atoms with Crippen molar-refractivity contribution in [3.63, 3.8) is 0 Å². The van der Waals surface area contributed by atoms with Gasteiger partial charge in [0.25, 0.3) is 11.8 Å². The van der Waals surface area contributed by atoms with E-state index in [1.807, 2.05) is 17.9 Å². The molecule has 0 spiro atoms. The van der Waals surface area contributed by atoms with Gasteiger partial charge in [0, 0.05) is 43.3 Å². The summed E-state index contributed by atoms with van der Waals surface area (Å²) in [5.41, 5.74) is 1.86. The van der Waals surface area contributed by atoms with Crippen molar-refractivity contribution in [1.29, 1.82) is 0 Å². The van der Waals surface area contributed by atoms with Gasteiger partial charge in [0.1, 0.15) is 0 Å². The average molecular weight is 502 g/mol. The molecule has 3 rings (SSSR count). The van der Waals surface area contributed by atoms with Crippen LogP contribution in [-0.2, 0) is 4.74 Å². The van der Waals surface area contributed by atoms with E-state index >= 15 is 0 Å². The summed E-state index contributed by atoms with van der Waals surface area (Å²) < 4.78 is 6.14. The summed E-state index contributed by atoms with van der Waals surface area (Å²) in [6.45, 7) is 9.22. The molecule has 1 saturated carbocycles. The molecule has 1 heterocycles. The van der Waals surface area contributed by atoms with E-state index in [1.165, 1.54) is 32.1 Å². The monoisotopic (exact) mass is 501 g/mol. The minimum atomic E-state index is -0.662. The van der Waals surface area contributed by atoms with Crippen molar-refractivity contribution in [3.05, 3.63) is 34.9 Å². The first kappa shape index (κ1) is 28.6. The number of amides is 2. The molecule has 1 aliphatic heterocycles. The number of aliphatic hydroxyl groups is 1. The molecular weight excluding hydrogens is 454 g/mol. The molecule has 0 aromatic heterocycles. The Labute approximate surface area is 217 Å². The van der Waals surface area contributed by atoms with E-state index in [1.54, 1.807) is 12.1 Å². The molecule has 202 valence electrons. The molecule has 1 aromatic rings. The summed E-state index contributed by atoms with van der Waals surface area (Å²) in [5, 5.41) is 17.0. The van der Waals surface area contributed by atoms with Crippen LogP contribution in [0.25, 0.3) is 0 Å². The summed E-state index contributed by atoms with van der Waals surface area (Å²) in [4.78, 5) is 27.8. The predicted molar refractivity (Wildman–Crippen MR) is 143 cm³/mol. The lowest BCUT2D eigenvalue weighted by molar-refractivity contribution is -0.00284. The maximum Gasteiger partial charge on any atom is 0.253 e. The first-order valence-electron chi connectivity index (χ1n) is 14.1. The van der Waals surface area contributed by atoms with E-state index in [-0.39, 0.29) is 24.4 Å². The van der Waals surface area contributed by atoms with E-state index in [0.29, 0.717) is 36.2 Å². The highest BCUT2D eigenvalue weighted by Gasteiger charge is 2.27. The zero-order valence-corrected chi connectivity index (χ0v) is 22.6. The highest BCUT2D eigenvalue weighted by atomic mass is 16.5. The fourth-order valence-corrected chi connectivity index (χ4v) is 5.43. The smallest absolute Gasteiger partial charge is 0.253 e. The van der Waals surface area contributed by atoms with Crippen molar-refractivity contribution in [2.24, 2.45) is 5.92 Å². The summed E-state index contributed by atoms with van der Waals surface area (Å²) in [6.07, 6.45) is 9.71. The number of nitrogens with zero attached hydrogens (tertiary/aromatic N) is 1. The van der Waals surface area contributed by atoms with Crippen molar-refractivity contribution in [2.75, 3.05) is 32.8 Å². The normalized spacial score (nSPS) is 21.7. The second kappa shape index (κ2) is 14.7. The highest BCUT2D eigenvalue weighted by Crippen LogP contribution is 2.23. The Bertz CT molecular complexity index is 826. The number of aryl methyl sites for hydroxylation is 1. The lowest BCUT2D eigenvalue weighted by Crippen LogP contribution is -2.50. The van der Waals surface area contributed by atoms with Gasteiger partial charge in [-0.1, -0.05) is 33.1 Å². The number of hydrogen-bond acceptors (Lipinski definition) is 5. The number of piperidine rings is 1. The molecule has 3 atom stereocenters. The zero-order chi connectivity index (χ0) is 25.9. The van der Waals surface area contributed by atoms with Crippen LogP contribution in [0.3, 0.4) is 0 Å². The number of carbonyl (C=O) groups excluding carboxylic acids is 2. The number of ether oxygens (including phenoxy) is 1. The van der Waals surface area contributed by atoms with Crippen LogP contribution in [0.2, 0.25) is 0 Å². The Kier molecular flexibility index (Phi) is 11.7. The fraction of sp³-hybridized carbons (Fsp3) is 0.724. The molecule has 36 heavy (non-hydrogen) atoms. The first-order valence-corrected chi connectivity index (χ1v) is 14.1. The largest absolute Gasteiger partial charge is 0.390 e. The zero-order valence-electron chi connectivity index (χ0n) is 22.6. The molecule has 7 nitrogen and oxygen atoms in total. The van der Waals surface area contributed by atoms with Gasteiger partial charge in [0.15, 0.2) is 0 Å². The number of carbonyl (C=O) groups is 2. The molecule has 1 aromatic carbocycles. The van der Waals surface area contributed by atoms with Gasteiger partial charge in [-0.05, 0) is 75.1 Å². The second-order valence-corrected chi connectivity index (χ2v) is 10.7. The van der Waals surface area contributed by atoms with Crippen LogP contribution in [0.5, 0.6) is 0 Å². The van der Waals surface area contributed by atoms with E-state index in [0.717, 1.165) is 44.4 Å². The molecule has 1 aliphatic carbocycles. The van der Waals surface area contributed by atoms with Crippen molar-refractivity contribution < 1.29 is 19.4 Å².